The molecule has 0 amide bonds. The van der Waals surface area contributed by atoms with Crippen LogP contribution < -0.4 is 0 Å². The van der Waals surface area contributed by atoms with Crippen molar-refractivity contribution in [1.29, 1.82) is 0 Å². The zero-order chi connectivity index (χ0) is 7.56. The Balaban J connectivity index is 2.85. The third-order valence-corrected chi connectivity index (χ3v) is 1.07. The molecule has 0 fully saturated rings. The Kier molecular flexibility index (Phi) is 1.76. The van der Waals surface area contributed by atoms with Crippen LogP contribution in [0.4, 0.5) is 0 Å². The zero-order valence-corrected chi connectivity index (χ0v) is 5.80. The first kappa shape index (κ1) is 6.86. The molecule has 0 N–H and O–H groups in total. The summed E-state index contributed by atoms with van der Waals surface area (Å²) >= 11 is 0. The molecular formula is C7H7O3. The molecule has 0 saturated heterocycles. The van der Waals surface area contributed by atoms with Crippen LogP contribution in [0.25, 0.3) is 0 Å². The third kappa shape index (κ3) is 1.18. The molecule has 1 rings (SSSR count). The quantitative estimate of drug-likeness (QED) is 0.548. The lowest BCUT2D eigenvalue weighted by atomic mass is 10.3. The molecule has 0 spiro atoms. The lowest BCUT2D eigenvalue weighted by Crippen LogP contribution is -1.98. The summed E-state index contributed by atoms with van der Waals surface area (Å²) in [6.45, 7) is 1.74. The fourth-order valence-corrected chi connectivity index (χ4v) is 0.608. The average molecular weight is 139 g/mol. The summed E-state index contributed by atoms with van der Waals surface area (Å²) in [7, 11) is 1.32. The van der Waals surface area contributed by atoms with Crippen LogP contribution in [0.5, 0.6) is 0 Å². The maximum absolute atomic E-state index is 10.7. The number of hydrogen-bond donors (Lipinski definition) is 0. The molecule has 1 radical (unpaired) electrons. The van der Waals surface area contributed by atoms with Crippen LogP contribution in [0.3, 0.4) is 0 Å². The summed E-state index contributed by atoms with van der Waals surface area (Å²) in [5.74, 6) is 0.234. The number of hydrogen-bond acceptors (Lipinski definition) is 3. The van der Waals surface area contributed by atoms with Crippen molar-refractivity contribution in [3.63, 3.8) is 0 Å². The molecule has 0 aliphatic heterocycles. The molecule has 0 atom stereocenters. The second-order valence-corrected chi connectivity index (χ2v) is 1.86. The number of rotatable bonds is 1. The van der Waals surface area contributed by atoms with Crippen LogP contribution in [0, 0.1) is 13.2 Å². The Morgan fingerprint density at radius 2 is 2.50 bits per heavy atom. The van der Waals surface area contributed by atoms with Gasteiger partial charge in [-0.3, -0.25) is 0 Å². The van der Waals surface area contributed by atoms with Crippen molar-refractivity contribution < 1.29 is 13.9 Å². The minimum Gasteiger partial charge on any atom is -0.465 e. The summed E-state index contributed by atoms with van der Waals surface area (Å²) in [4.78, 5) is 10.7. The van der Waals surface area contributed by atoms with Gasteiger partial charge in [0, 0.05) is 0 Å². The molecule has 1 aromatic heterocycles. The van der Waals surface area contributed by atoms with Crippen molar-refractivity contribution in [2.75, 3.05) is 7.11 Å². The number of ether oxygens (including phenoxy) is 1. The summed E-state index contributed by atoms with van der Waals surface area (Å²) in [6.07, 6.45) is 2.41. The van der Waals surface area contributed by atoms with E-state index in [0.717, 1.165) is 0 Å². The van der Waals surface area contributed by atoms with Gasteiger partial charge in [-0.2, -0.15) is 0 Å². The number of aryl methyl sites for hydroxylation is 1. The normalized spacial score (nSPS) is 9.40. The summed E-state index contributed by atoms with van der Waals surface area (Å²) in [5.41, 5.74) is 0.333. The minimum atomic E-state index is -0.420. The Morgan fingerprint density at radius 1 is 1.80 bits per heavy atom. The van der Waals surface area contributed by atoms with E-state index < -0.39 is 5.97 Å². The predicted octanol–water partition coefficient (Wildman–Crippen LogP) is 1.17. The molecule has 3 nitrogen and oxygen atoms in total. The number of esters is 1. The van der Waals surface area contributed by atoms with E-state index >= 15 is 0 Å². The molecule has 0 aliphatic rings. The fraction of sp³-hybridized carbons (Fsp3) is 0.286. The Labute approximate surface area is 58.6 Å². The van der Waals surface area contributed by atoms with Crippen LogP contribution in [0.15, 0.2) is 10.5 Å². The molecule has 0 aliphatic carbocycles. The molecular weight excluding hydrogens is 132 g/mol. The Hall–Kier alpha value is -1.25. The van der Waals surface area contributed by atoms with Crippen LogP contribution >= 0.6 is 0 Å². The van der Waals surface area contributed by atoms with Crippen molar-refractivity contribution in [2.24, 2.45) is 0 Å². The molecule has 0 saturated carbocycles. The standard InChI is InChI=1S/C7H7O3/c1-5-3-6(4-10-5)7(8)9-2/h3H,1-2H3. The average Bonchev–Trinajstić information content (AvgIpc) is 2.34. The topological polar surface area (TPSA) is 39.4 Å². The van der Waals surface area contributed by atoms with E-state index in [4.69, 9.17) is 4.42 Å². The molecule has 0 bridgehead atoms. The summed E-state index contributed by atoms with van der Waals surface area (Å²) in [5, 5.41) is 0. The molecule has 10 heavy (non-hydrogen) atoms. The SMILES string of the molecule is COC(=O)c1[c]oc(C)c1. The smallest absolute Gasteiger partial charge is 0.341 e. The highest BCUT2D eigenvalue weighted by atomic mass is 16.5. The fourth-order valence-electron chi connectivity index (χ4n) is 0.608. The maximum atomic E-state index is 10.7. The molecule has 1 aromatic rings. The highest BCUT2D eigenvalue weighted by molar-refractivity contribution is 5.88. The van der Waals surface area contributed by atoms with Crippen LogP contribution in [-0.2, 0) is 4.74 Å². The van der Waals surface area contributed by atoms with Gasteiger partial charge < -0.3 is 9.15 Å². The van der Waals surface area contributed by atoms with Gasteiger partial charge in [-0.15, -0.1) is 0 Å². The monoisotopic (exact) mass is 139 g/mol. The van der Waals surface area contributed by atoms with Crippen molar-refractivity contribution in [1.82, 2.24) is 0 Å². The predicted molar refractivity (Wildman–Crippen MR) is 33.6 cm³/mol. The molecule has 53 valence electrons. The zero-order valence-electron chi connectivity index (χ0n) is 5.80. The van der Waals surface area contributed by atoms with E-state index in [1.54, 1.807) is 13.0 Å². The van der Waals surface area contributed by atoms with E-state index in [0.29, 0.717) is 11.3 Å². The van der Waals surface area contributed by atoms with E-state index in [2.05, 4.69) is 11.0 Å². The van der Waals surface area contributed by atoms with Gasteiger partial charge >= 0.3 is 5.97 Å². The van der Waals surface area contributed by atoms with Gasteiger partial charge in [0.15, 0.2) is 6.26 Å². The van der Waals surface area contributed by atoms with Gasteiger partial charge in [0.1, 0.15) is 11.3 Å². The van der Waals surface area contributed by atoms with Gasteiger partial charge in [0.05, 0.1) is 7.11 Å². The molecule has 0 aromatic carbocycles. The highest BCUT2D eigenvalue weighted by Crippen LogP contribution is 2.05. The number of methoxy groups -OCH3 is 1. The van der Waals surface area contributed by atoms with Crippen LogP contribution in [-0.4, -0.2) is 13.1 Å². The molecule has 1 heterocycles. The van der Waals surface area contributed by atoms with Crippen molar-refractivity contribution >= 4 is 5.97 Å². The molecule has 3 heteroatoms. The second kappa shape index (κ2) is 2.56. The minimum absolute atomic E-state index is 0.333. The maximum Gasteiger partial charge on any atom is 0.341 e. The van der Waals surface area contributed by atoms with Gasteiger partial charge in [-0.1, -0.05) is 0 Å². The summed E-state index contributed by atoms with van der Waals surface area (Å²) in [6, 6.07) is 1.58. The summed E-state index contributed by atoms with van der Waals surface area (Å²) < 4.78 is 9.18. The Morgan fingerprint density at radius 3 is 2.90 bits per heavy atom. The van der Waals surface area contributed by atoms with Crippen molar-refractivity contribution in [2.45, 2.75) is 6.92 Å². The van der Waals surface area contributed by atoms with E-state index in [1.165, 1.54) is 7.11 Å². The Bertz CT molecular complexity index is 237. The number of carbonyl (C=O) groups is 1. The van der Waals surface area contributed by atoms with Gasteiger partial charge in [0.25, 0.3) is 0 Å². The lowest BCUT2D eigenvalue weighted by molar-refractivity contribution is 0.0599. The second-order valence-electron chi connectivity index (χ2n) is 1.86. The first-order valence-corrected chi connectivity index (χ1v) is 2.80. The van der Waals surface area contributed by atoms with Gasteiger partial charge in [-0.05, 0) is 13.0 Å². The van der Waals surface area contributed by atoms with E-state index in [9.17, 15) is 4.79 Å². The third-order valence-electron chi connectivity index (χ3n) is 1.07. The first-order chi connectivity index (χ1) is 4.74. The highest BCUT2D eigenvalue weighted by Gasteiger charge is 2.07. The van der Waals surface area contributed by atoms with E-state index in [1.807, 2.05) is 0 Å². The van der Waals surface area contributed by atoms with E-state index in [-0.39, 0.29) is 0 Å². The van der Waals surface area contributed by atoms with Crippen LogP contribution in [0.2, 0.25) is 0 Å². The number of furan rings is 1. The largest absolute Gasteiger partial charge is 0.465 e. The lowest BCUT2D eigenvalue weighted by Gasteiger charge is -1.89. The van der Waals surface area contributed by atoms with Gasteiger partial charge in [0.2, 0.25) is 0 Å². The first-order valence-electron chi connectivity index (χ1n) is 2.80. The van der Waals surface area contributed by atoms with Crippen LogP contribution in [0.1, 0.15) is 16.1 Å². The molecule has 0 unspecified atom stereocenters. The van der Waals surface area contributed by atoms with Crippen molar-refractivity contribution in [3.8, 4) is 0 Å². The van der Waals surface area contributed by atoms with Gasteiger partial charge in [-0.25, -0.2) is 4.79 Å². The van der Waals surface area contributed by atoms with Crippen molar-refractivity contribution in [3.05, 3.63) is 23.7 Å². The number of carbonyl (C=O) groups excluding carboxylic acids is 1.